The molecule has 4 rings (SSSR count). The fourth-order valence-electron chi connectivity index (χ4n) is 4.13. The first-order valence-electron chi connectivity index (χ1n) is 11.0. The molecular weight excluding hydrogens is 396 g/mol. The average Bonchev–Trinajstić information content (AvgIpc) is 2.83. The highest BCUT2D eigenvalue weighted by molar-refractivity contribution is 5.95. The highest BCUT2D eigenvalue weighted by Gasteiger charge is 2.30. The van der Waals surface area contributed by atoms with Crippen molar-refractivity contribution in [1.82, 2.24) is 9.80 Å². The van der Waals surface area contributed by atoms with Gasteiger partial charge in [-0.3, -0.25) is 14.6 Å². The number of amides is 1. The number of nitrogens with zero attached hydrogens (tertiary/aromatic N) is 3. The highest BCUT2D eigenvalue weighted by atomic mass is 16.2. The zero-order chi connectivity index (χ0) is 22.3. The second-order valence-electron chi connectivity index (χ2n) is 8.29. The summed E-state index contributed by atoms with van der Waals surface area (Å²) in [6.45, 7) is 6.30. The molecule has 1 fully saturated rings. The Morgan fingerprint density at radius 1 is 0.938 bits per heavy atom. The van der Waals surface area contributed by atoms with Gasteiger partial charge in [-0.1, -0.05) is 60.2 Å². The number of nitrogens with one attached hydrogen (secondary N) is 1. The van der Waals surface area contributed by atoms with E-state index in [4.69, 9.17) is 5.26 Å². The maximum Gasteiger partial charge on any atom is 0.246 e. The van der Waals surface area contributed by atoms with E-state index in [0.717, 1.165) is 44.0 Å². The number of rotatable bonds is 6. The minimum atomic E-state index is -0.324. The smallest absolute Gasteiger partial charge is 0.246 e. The van der Waals surface area contributed by atoms with Gasteiger partial charge in [-0.15, -0.1) is 0 Å². The van der Waals surface area contributed by atoms with Crippen LogP contribution in [0.1, 0.15) is 28.3 Å². The van der Waals surface area contributed by atoms with Crippen LogP contribution in [0.3, 0.4) is 0 Å². The minimum absolute atomic E-state index is 0.000551. The predicted octanol–water partition coefficient (Wildman–Crippen LogP) is 4.36. The van der Waals surface area contributed by atoms with Gasteiger partial charge < -0.3 is 5.32 Å². The third-order valence-electron chi connectivity index (χ3n) is 5.94. The Morgan fingerprint density at radius 3 is 2.22 bits per heavy atom. The van der Waals surface area contributed by atoms with Crippen molar-refractivity contribution in [3.63, 3.8) is 0 Å². The summed E-state index contributed by atoms with van der Waals surface area (Å²) in [5.41, 5.74) is 4.89. The van der Waals surface area contributed by atoms with Crippen LogP contribution in [0.4, 0.5) is 5.69 Å². The van der Waals surface area contributed by atoms with Gasteiger partial charge in [0.25, 0.3) is 0 Å². The molecule has 1 amide bonds. The Bertz CT molecular complexity index is 1060. The number of aryl methyl sites for hydroxylation is 1. The summed E-state index contributed by atoms with van der Waals surface area (Å²) >= 11 is 0. The van der Waals surface area contributed by atoms with Gasteiger partial charge in [0.2, 0.25) is 5.91 Å². The summed E-state index contributed by atoms with van der Waals surface area (Å²) < 4.78 is 0. The van der Waals surface area contributed by atoms with E-state index in [2.05, 4.69) is 21.2 Å². The molecule has 0 spiro atoms. The molecule has 0 saturated carbocycles. The molecule has 5 nitrogen and oxygen atoms in total. The SMILES string of the molecule is Cc1ccc(NC(=O)[C@@H](c2ccccc2)N2CCN(Cc3ccc(C#N)cc3)CC2)cc1. The first kappa shape index (κ1) is 21.8. The van der Waals surface area contributed by atoms with Gasteiger partial charge in [-0.25, -0.2) is 0 Å². The summed E-state index contributed by atoms with van der Waals surface area (Å²) in [6, 6.07) is 27.6. The Morgan fingerprint density at radius 2 is 1.59 bits per heavy atom. The first-order chi connectivity index (χ1) is 15.6. The quantitative estimate of drug-likeness (QED) is 0.639. The summed E-state index contributed by atoms with van der Waals surface area (Å²) in [5, 5.41) is 12.1. The van der Waals surface area contributed by atoms with Gasteiger partial charge in [-0.05, 0) is 42.3 Å². The van der Waals surface area contributed by atoms with Crippen molar-refractivity contribution in [3.05, 3.63) is 101 Å². The highest BCUT2D eigenvalue weighted by Crippen LogP contribution is 2.25. The molecule has 0 unspecified atom stereocenters. The fourth-order valence-corrected chi connectivity index (χ4v) is 4.13. The average molecular weight is 425 g/mol. The lowest BCUT2D eigenvalue weighted by Gasteiger charge is -2.38. The maximum absolute atomic E-state index is 13.3. The van der Waals surface area contributed by atoms with Crippen molar-refractivity contribution in [2.45, 2.75) is 19.5 Å². The van der Waals surface area contributed by atoms with E-state index in [1.54, 1.807) is 0 Å². The van der Waals surface area contributed by atoms with E-state index >= 15 is 0 Å². The molecular formula is C27H28N4O. The van der Waals surface area contributed by atoms with Crippen molar-refractivity contribution in [2.24, 2.45) is 0 Å². The number of piperazine rings is 1. The number of hydrogen-bond acceptors (Lipinski definition) is 4. The lowest BCUT2D eigenvalue weighted by Crippen LogP contribution is -2.49. The zero-order valence-corrected chi connectivity index (χ0v) is 18.4. The van der Waals surface area contributed by atoms with Crippen molar-refractivity contribution >= 4 is 11.6 Å². The van der Waals surface area contributed by atoms with Crippen LogP contribution in [-0.4, -0.2) is 41.9 Å². The molecule has 0 aromatic heterocycles. The molecule has 32 heavy (non-hydrogen) atoms. The van der Waals surface area contributed by atoms with Crippen LogP contribution in [0.15, 0.2) is 78.9 Å². The molecule has 0 radical (unpaired) electrons. The first-order valence-corrected chi connectivity index (χ1v) is 11.0. The molecule has 1 heterocycles. The molecule has 1 aliphatic heterocycles. The van der Waals surface area contributed by atoms with Crippen LogP contribution in [0.5, 0.6) is 0 Å². The standard InChI is InChI=1S/C27H28N4O/c1-21-7-13-25(14-8-21)29-27(32)26(24-5-3-2-4-6-24)31-17-15-30(16-18-31)20-23-11-9-22(19-28)10-12-23/h2-14,26H,15-18,20H2,1H3,(H,29,32)/t26-/m1/s1. The molecule has 1 N–H and O–H groups in total. The van der Waals surface area contributed by atoms with Crippen LogP contribution < -0.4 is 5.32 Å². The number of hydrogen-bond donors (Lipinski definition) is 1. The molecule has 3 aromatic carbocycles. The van der Waals surface area contributed by atoms with Crippen molar-refractivity contribution in [1.29, 1.82) is 5.26 Å². The van der Waals surface area contributed by atoms with E-state index in [1.165, 1.54) is 11.1 Å². The molecule has 3 aromatic rings. The third kappa shape index (κ3) is 5.42. The fraction of sp³-hybridized carbons (Fsp3) is 0.259. The summed E-state index contributed by atoms with van der Waals surface area (Å²) in [5.74, 6) is 0.000551. The molecule has 5 heteroatoms. The number of anilines is 1. The van der Waals surface area contributed by atoms with Crippen molar-refractivity contribution in [3.8, 4) is 6.07 Å². The van der Waals surface area contributed by atoms with Gasteiger partial charge in [0.05, 0.1) is 11.6 Å². The van der Waals surface area contributed by atoms with Crippen LogP contribution in [-0.2, 0) is 11.3 Å². The largest absolute Gasteiger partial charge is 0.324 e. The molecule has 0 aliphatic carbocycles. The Hall–Kier alpha value is -3.46. The van der Waals surface area contributed by atoms with E-state index < -0.39 is 0 Å². The molecule has 1 atom stereocenters. The van der Waals surface area contributed by atoms with Gasteiger partial charge >= 0.3 is 0 Å². The van der Waals surface area contributed by atoms with Crippen molar-refractivity contribution < 1.29 is 4.79 Å². The van der Waals surface area contributed by atoms with Crippen LogP contribution in [0.2, 0.25) is 0 Å². The molecule has 1 aliphatic rings. The predicted molar refractivity (Wildman–Crippen MR) is 127 cm³/mol. The van der Waals surface area contributed by atoms with E-state index in [1.807, 2.05) is 85.8 Å². The number of carbonyl (C=O) groups is 1. The Balaban J connectivity index is 1.43. The number of benzene rings is 3. The van der Waals surface area contributed by atoms with E-state index in [9.17, 15) is 4.79 Å². The zero-order valence-electron chi connectivity index (χ0n) is 18.4. The normalized spacial score (nSPS) is 15.6. The maximum atomic E-state index is 13.3. The Kier molecular flexibility index (Phi) is 6.96. The van der Waals surface area contributed by atoms with Gasteiger partial charge in [0.15, 0.2) is 0 Å². The lowest BCUT2D eigenvalue weighted by molar-refractivity contribution is -0.122. The second kappa shape index (κ2) is 10.2. The van der Waals surface area contributed by atoms with E-state index in [-0.39, 0.29) is 11.9 Å². The molecule has 1 saturated heterocycles. The van der Waals surface area contributed by atoms with Crippen LogP contribution in [0, 0.1) is 18.3 Å². The van der Waals surface area contributed by atoms with Gasteiger partial charge in [0, 0.05) is 38.4 Å². The summed E-state index contributed by atoms with van der Waals surface area (Å²) in [7, 11) is 0. The molecule has 0 bridgehead atoms. The van der Waals surface area contributed by atoms with Crippen LogP contribution >= 0.6 is 0 Å². The van der Waals surface area contributed by atoms with E-state index in [0.29, 0.717) is 5.56 Å². The minimum Gasteiger partial charge on any atom is -0.324 e. The summed E-state index contributed by atoms with van der Waals surface area (Å²) in [6.07, 6.45) is 0. The summed E-state index contributed by atoms with van der Waals surface area (Å²) in [4.78, 5) is 18.0. The molecule has 162 valence electrons. The Labute approximate surface area is 189 Å². The lowest BCUT2D eigenvalue weighted by atomic mass is 10.0. The van der Waals surface area contributed by atoms with Crippen molar-refractivity contribution in [2.75, 3.05) is 31.5 Å². The third-order valence-corrected chi connectivity index (χ3v) is 5.94. The second-order valence-corrected chi connectivity index (χ2v) is 8.29. The topological polar surface area (TPSA) is 59.4 Å². The number of nitriles is 1. The number of carbonyl (C=O) groups excluding carboxylic acids is 1. The monoisotopic (exact) mass is 424 g/mol. The van der Waals surface area contributed by atoms with Crippen LogP contribution in [0.25, 0.3) is 0 Å². The van der Waals surface area contributed by atoms with Gasteiger partial charge in [-0.2, -0.15) is 5.26 Å². The van der Waals surface area contributed by atoms with Gasteiger partial charge in [0.1, 0.15) is 6.04 Å².